The highest BCUT2D eigenvalue weighted by atomic mass is 32.2. The monoisotopic (exact) mass is 410 g/mol. The number of thioether (sulfide) groups is 1. The maximum atomic E-state index is 13.6. The Morgan fingerprint density at radius 3 is 2.79 bits per heavy atom. The minimum absolute atomic E-state index is 0.0743. The van der Waals surface area contributed by atoms with Gasteiger partial charge in [0.2, 0.25) is 5.78 Å². The number of fused-ring (bicyclic) bond motifs is 5. The number of benzene rings is 1. The molecule has 28 heavy (non-hydrogen) atoms. The second kappa shape index (κ2) is 7.37. The van der Waals surface area contributed by atoms with Gasteiger partial charge in [0, 0.05) is 10.6 Å². The summed E-state index contributed by atoms with van der Waals surface area (Å²) in [4.78, 5) is 16.0. The van der Waals surface area contributed by atoms with Gasteiger partial charge in [0.05, 0.1) is 11.9 Å². The molecule has 0 amide bonds. The molecule has 0 aliphatic heterocycles. The molecule has 0 fully saturated rings. The summed E-state index contributed by atoms with van der Waals surface area (Å²) in [5, 5.41) is 10.7. The zero-order valence-electron chi connectivity index (χ0n) is 15.9. The van der Waals surface area contributed by atoms with E-state index in [1.54, 1.807) is 23.1 Å². The molecule has 0 saturated carbocycles. The summed E-state index contributed by atoms with van der Waals surface area (Å²) in [6.07, 6.45) is 5.53. The molecule has 144 valence electrons. The van der Waals surface area contributed by atoms with Gasteiger partial charge in [-0.15, -0.1) is 21.5 Å². The van der Waals surface area contributed by atoms with Crippen LogP contribution in [0.15, 0.2) is 40.3 Å². The molecule has 3 aromatic heterocycles. The van der Waals surface area contributed by atoms with Crippen molar-refractivity contribution in [2.45, 2.75) is 50.7 Å². The van der Waals surface area contributed by atoms with Crippen molar-refractivity contribution in [1.82, 2.24) is 19.2 Å². The van der Waals surface area contributed by atoms with Crippen LogP contribution in [0.3, 0.4) is 0 Å². The molecule has 5 nitrogen and oxygen atoms in total. The van der Waals surface area contributed by atoms with E-state index in [0.29, 0.717) is 12.3 Å². The summed E-state index contributed by atoms with van der Waals surface area (Å²) in [6.45, 7) is 2.68. The third kappa shape index (κ3) is 2.88. The molecule has 0 radical (unpaired) electrons. The summed E-state index contributed by atoms with van der Waals surface area (Å²) in [7, 11) is 0. The summed E-state index contributed by atoms with van der Waals surface area (Å²) < 4.78 is 3.94. The lowest BCUT2D eigenvalue weighted by Crippen LogP contribution is -2.24. The van der Waals surface area contributed by atoms with Crippen molar-refractivity contribution in [2.75, 3.05) is 5.75 Å². The van der Waals surface area contributed by atoms with Crippen molar-refractivity contribution < 1.29 is 0 Å². The zero-order chi connectivity index (χ0) is 19.1. The van der Waals surface area contributed by atoms with Crippen LogP contribution in [0.5, 0.6) is 0 Å². The fourth-order valence-corrected chi connectivity index (χ4v) is 6.19. The maximum absolute atomic E-state index is 13.6. The first-order valence-corrected chi connectivity index (χ1v) is 11.7. The van der Waals surface area contributed by atoms with Gasteiger partial charge >= 0.3 is 0 Å². The van der Waals surface area contributed by atoms with Gasteiger partial charge in [0.15, 0.2) is 5.16 Å². The average molecular weight is 411 g/mol. The average Bonchev–Trinajstić information content (AvgIpc) is 3.31. The van der Waals surface area contributed by atoms with Gasteiger partial charge in [0.25, 0.3) is 5.56 Å². The Morgan fingerprint density at radius 1 is 1.14 bits per heavy atom. The summed E-state index contributed by atoms with van der Waals surface area (Å²) in [6, 6.07) is 10.1. The van der Waals surface area contributed by atoms with Crippen molar-refractivity contribution in [2.24, 2.45) is 0 Å². The Hall–Kier alpha value is -2.12. The molecular weight excluding hydrogens is 388 g/mol. The van der Waals surface area contributed by atoms with Crippen molar-refractivity contribution in [3.8, 4) is 0 Å². The van der Waals surface area contributed by atoms with E-state index >= 15 is 0 Å². The highest BCUT2D eigenvalue weighted by Gasteiger charge is 2.24. The Bertz CT molecular complexity index is 1210. The van der Waals surface area contributed by atoms with Crippen LogP contribution < -0.4 is 5.56 Å². The van der Waals surface area contributed by atoms with Crippen LogP contribution in [0.2, 0.25) is 0 Å². The summed E-state index contributed by atoms with van der Waals surface area (Å²) >= 11 is 3.49. The molecule has 4 aromatic rings. The summed E-state index contributed by atoms with van der Waals surface area (Å²) in [5.74, 6) is 1.64. The van der Waals surface area contributed by atoms with Gasteiger partial charge in [-0.05, 0) is 43.2 Å². The quantitative estimate of drug-likeness (QED) is 0.454. The maximum Gasteiger partial charge on any atom is 0.264 e. The first-order valence-electron chi connectivity index (χ1n) is 9.87. The molecule has 7 heteroatoms. The number of hydrogen-bond donors (Lipinski definition) is 0. The molecular formula is C21H22N4OS2. The SMILES string of the molecule is CCCSc1nnc2n(Cc3ccccc3)c(=O)c3c4c(sc3n12)CCCC4. The molecule has 3 heterocycles. The number of aryl methyl sites for hydroxylation is 2. The molecule has 0 N–H and O–H groups in total. The van der Waals surface area contributed by atoms with Crippen LogP contribution in [0.4, 0.5) is 0 Å². The molecule has 1 aliphatic rings. The summed E-state index contributed by atoms with van der Waals surface area (Å²) in [5.41, 5.74) is 2.44. The van der Waals surface area contributed by atoms with Crippen LogP contribution in [-0.2, 0) is 19.4 Å². The number of nitrogens with zero attached hydrogens (tertiary/aromatic N) is 4. The van der Waals surface area contributed by atoms with Gasteiger partial charge in [-0.25, -0.2) is 4.40 Å². The lowest BCUT2D eigenvalue weighted by Gasteiger charge is -2.12. The zero-order valence-corrected chi connectivity index (χ0v) is 17.5. The number of rotatable bonds is 5. The Balaban J connectivity index is 1.81. The van der Waals surface area contributed by atoms with E-state index in [1.165, 1.54) is 16.9 Å². The van der Waals surface area contributed by atoms with Gasteiger partial charge in [0.1, 0.15) is 4.83 Å². The van der Waals surface area contributed by atoms with Gasteiger partial charge < -0.3 is 0 Å². The predicted octanol–water partition coefficient (Wildman–Crippen LogP) is 4.53. The molecule has 0 atom stereocenters. The van der Waals surface area contributed by atoms with E-state index in [-0.39, 0.29) is 5.56 Å². The van der Waals surface area contributed by atoms with Crippen LogP contribution in [0.1, 0.15) is 42.2 Å². The molecule has 0 spiro atoms. The fraction of sp³-hybridized carbons (Fsp3) is 0.381. The Morgan fingerprint density at radius 2 is 1.96 bits per heavy atom. The van der Waals surface area contributed by atoms with E-state index < -0.39 is 0 Å². The van der Waals surface area contributed by atoms with Crippen LogP contribution in [0.25, 0.3) is 16.0 Å². The largest absolute Gasteiger partial charge is 0.272 e. The van der Waals surface area contributed by atoms with E-state index in [0.717, 1.165) is 52.4 Å². The minimum atomic E-state index is 0.0743. The standard InChI is InChI=1S/C21H22N4OS2/c1-2-12-27-21-23-22-20-24(13-14-8-4-3-5-9-14)18(26)17-15-10-6-7-11-16(15)28-19(17)25(20)21/h3-5,8-9H,2,6-7,10-13H2,1H3. The number of hydrogen-bond acceptors (Lipinski definition) is 5. The predicted molar refractivity (Wildman–Crippen MR) is 116 cm³/mol. The molecule has 0 bridgehead atoms. The van der Waals surface area contributed by atoms with E-state index in [2.05, 4.69) is 33.7 Å². The highest BCUT2D eigenvalue weighted by Crippen LogP contribution is 2.36. The molecule has 1 aromatic carbocycles. The van der Waals surface area contributed by atoms with Crippen molar-refractivity contribution in [3.63, 3.8) is 0 Å². The van der Waals surface area contributed by atoms with Crippen LogP contribution in [0, 0.1) is 0 Å². The van der Waals surface area contributed by atoms with E-state index in [1.807, 2.05) is 22.8 Å². The molecule has 0 saturated heterocycles. The molecule has 5 rings (SSSR count). The van der Waals surface area contributed by atoms with Gasteiger partial charge in [-0.2, -0.15) is 0 Å². The Kier molecular flexibility index (Phi) is 4.72. The number of thiophene rings is 1. The lowest BCUT2D eigenvalue weighted by atomic mass is 9.97. The van der Waals surface area contributed by atoms with E-state index in [9.17, 15) is 4.79 Å². The van der Waals surface area contributed by atoms with Crippen LogP contribution in [-0.4, -0.2) is 24.9 Å². The van der Waals surface area contributed by atoms with Gasteiger partial charge in [-0.3, -0.25) is 9.36 Å². The van der Waals surface area contributed by atoms with Crippen LogP contribution >= 0.6 is 23.1 Å². The smallest absolute Gasteiger partial charge is 0.264 e. The first kappa shape index (κ1) is 17.9. The van der Waals surface area contributed by atoms with Crippen molar-refractivity contribution >= 4 is 39.1 Å². The van der Waals surface area contributed by atoms with Crippen molar-refractivity contribution in [1.29, 1.82) is 0 Å². The van der Waals surface area contributed by atoms with Crippen molar-refractivity contribution in [3.05, 3.63) is 56.7 Å². The van der Waals surface area contributed by atoms with Gasteiger partial charge in [-0.1, -0.05) is 49.0 Å². The molecule has 0 unspecified atom stereocenters. The minimum Gasteiger partial charge on any atom is -0.272 e. The lowest BCUT2D eigenvalue weighted by molar-refractivity contribution is 0.698. The third-order valence-electron chi connectivity index (χ3n) is 5.29. The highest BCUT2D eigenvalue weighted by molar-refractivity contribution is 7.99. The topological polar surface area (TPSA) is 52.2 Å². The third-order valence-corrected chi connectivity index (χ3v) is 7.70. The second-order valence-electron chi connectivity index (χ2n) is 7.23. The van der Waals surface area contributed by atoms with E-state index in [4.69, 9.17) is 0 Å². The Labute approximate surface area is 171 Å². The first-order chi connectivity index (χ1) is 13.8. The molecule has 1 aliphatic carbocycles. The number of aromatic nitrogens is 4. The fourth-order valence-electron chi connectivity index (χ4n) is 3.97. The normalized spacial score (nSPS) is 14.0. The second-order valence-corrected chi connectivity index (χ2v) is 9.38.